The fraction of sp³-hybridized carbons (Fsp3) is 0.909. The normalized spacial score (nSPS) is 25.9. The smallest absolute Gasteiger partial charge is 0.320 e. The van der Waals surface area contributed by atoms with Gasteiger partial charge >= 0.3 is 5.97 Å². The van der Waals surface area contributed by atoms with Crippen LogP contribution in [0.25, 0.3) is 0 Å². The highest BCUT2D eigenvalue weighted by atomic mass is 16.4. The molecule has 0 aromatic carbocycles. The van der Waals surface area contributed by atoms with E-state index >= 15 is 0 Å². The average molecular weight is 214 g/mol. The van der Waals surface area contributed by atoms with Crippen molar-refractivity contribution >= 4 is 5.97 Å². The summed E-state index contributed by atoms with van der Waals surface area (Å²) < 4.78 is 0. The Labute approximate surface area is 91.4 Å². The molecule has 1 aliphatic heterocycles. The minimum Gasteiger partial charge on any atom is -0.480 e. The average Bonchev–Trinajstić information content (AvgIpc) is 2.39. The second-order valence-corrected chi connectivity index (χ2v) is 4.61. The van der Waals surface area contributed by atoms with Gasteiger partial charge in [0, 0.05) is 6.54 Å². The third kappa shape index (κ3) is 4.62. The van der Waals surface area contributed by atoms with Gasteiger partial charge < -0.3 is 15.7 Å². The Morgan fingerprint density at radius 1 is 1.53 bits per heavy atom. The molecule has 1 saturated heterocycles. The quantitative estimate of drug-likeness (QED) is 0.730. The molecule has 1 fully saturated rings. The molecule has 88 valence electrons. The SMILES string of the molecule is CC1CCCN(CCC(N)C(=O)O)CC1. The van der Waals surface area contributed by atoms with Gasteiger partial charge in [0.2, 0.25) is 0 Å². The number of carboxylic acids is 1. The zero-order valence-electron chi connectivity index (χ0n) is 9.48. The lowest BCUT2D eigenvalue weighted by Crippen LogP contribution is -2.36. The molecule has 4 heteroatoms. The molecule has 2 atom stereocenters. The van der Waals surface area contributed by atoms with E-state index in [0.717, 1.165) is 25.6 Å². The topological polar surface area (TPSA) is 66.6 Å². The monoisotopic (exact) mass is 214 g/mol. The molecule has 0 aromatic heterocycles. The van der Waals surface area contributed by atoms with Crippen LogP contribution in [-0.2, 0) is 4.79 Å². The summed E-state index contributed by atoms with van der Waals surface area (Å²) in [6, 6.07) is -0.703. The molecule has 1 rings (SSSR count). The van der Waals surface area contributed by atoms with Crippen molar-refractivity contribution in [1.82, 2.24) is 4.90 Å². The number of hydrogen-bond acceptors (Lipinski definition) is 3. The lowest BCUT2D eigenvalue weighted by molar-refractivity contribution is -0.138. The van der Waals surface area contributed by atoms with Crippen LogP contribution in [-0.4, -0.2) is 41.7 Å². The molecule has 0 aliphatic carbocycles. The Hall–Kier alpha value is -0.610. The van der Waals surface area contributed by atoms with Gasteiger partial charge in [-0.1, -0.05) is 6.92 Å². The zero-order chi connectivity index (χ0) is 11.3. The van der Waals surface area contributed by atoms with Gasteiger partial charge in [0.05, 0.1) is 0 Å². The number of nitrogens with two attached hydrogens (primary N) is 1. The maximum absolute atomic E-state index is 10.5. The van der Waals surface area contributed by atoms with Crippen molar-refractivity contribution in [3.8, 4) is 0 Å². The van der Waals surface area contributed by atoms with Crippen molar-refractivity contribution in [2.45, 2.75) is 38.6 Å². The molecule has 0 spiro atoms. The van der Waals surface area contributed by atoms with E-state index in [2.05, 4.69) is 11.8 Å². The van der Waals surface area contributed by atoms with E-state index in [4.69, 9.17) is 10.8 Å². The second kappa shape index (κ2) is 6.08. The first-order chi connectivity index (χ1) is 7.09. The Morgan fingerprint density at radius 3 is 2.93 bits per heavy atom. The van der Waals surface area contributed by atoms with Crippen LogP contribution in [0.15, 0.2) is 0 Å². The van der Waals surface area contributed by atoms with Gasteiger partial charge in [0.15, 0.2) is 0 Å². The first kappa shape index (κ1) is 12.5. The molecule has 0 saturated carbocycles. The molecule has 4 nitrogen and oxygen atoms in total. The minimum absolute atomic E-state index is 0.559. The highest BCUT2D eigenvalue weighted by Gasteiger charge is 2.16. The molecular weight excluding hydrogens is 192 g/mol. The number of aliphatic carboxylic acids is 1. The van der Waals surface area contributed by atoms with E-state index in [1.807, 2.05) is 0 Å². The number of carbonyl (C=O) groups is 1. The van der Waals surface area contributed by atoms with E-state index in [-0.39, 0.29) is 0 Å². The Morgan fingerprint density at radius 2 is 2.27 bits per heavy atom. The molecule has 2 unspecified atom stereocenters. The highest BCUT2D eigenvalue weighted by molar-refractivity contribution is 5.72. The zero-order valence-corrected chi connectivity index (χ0v) is 9.48. The number of hydrogen-bond donors (Lipinski definition) is 2. The molecule has 0 bridgehead atoms. The van der Waals surface area contributed by atoms with Crippen LogP contribution in [0.1, 0.15) is 32.6 Å². The summed E-state index contributed by atoms with van der Waals surface area (Å²) in [5, 5.41) is 8.67. The molecule has 15 heavy (non-hydrogen) atoms. The van der Waals surface area contributed by atoms with Gasteiger partial charge in [-0.3, -0.25) is 4.79 Å². The second-order valence-electron chi connectivity index (χ2n) is 4.61. The minimum atomic E-state index is -0.891. The molecule has 1 heterocycles. The van der Waals surface area contributed by atoms with Gasteiger partial charge in [-0.15, -0.1) is 0 Å². The summed E-state index contributed by atoms with van der Waals surface area (Å²) in [7, 11) is 0. The van der Waals surface area contributed by atoms with Gasteiger partial charge in [0.1, 0.15) is 6.04 Å². The molecule has 3 N–H and O–H groups in total. The number of carboxylic acid groups (broad SMARTS) is 1. The van der Waals surface area contributed by atoms with Crippen LogP contribution in [0.3, 0.4) is 0 Å². The van der Waals surface area contributed by atoms with Gasteiger partial charge in [-0.05, 0) is 44.7 Å². The largest absolute Gasteiger partial charge is 0.480 e. The van der Waals surface area contributed by atoms with E-state index < -0.39 is 12.0 Å². The summed E-state index contributed by atoms with van der Waals surface area (Å²) in [6.45, 7) is 5.29. The standard InChI is InChI=1S/C11H22N2O2/c1-9-3-2-6-13(7-4-9)8-5-10(12)11(14)15/h9-10H,2-8,12H2,1H3,(H,14,15). The summed E-state index contributed by atoms with van der Waals surface area (Å²) >= 11 is 0. The third-order valence-corrected chi connectivity index (χ3v) is 3.18. The lowest BCUT2D eigenvalue weighted by atomic mass is 10.0. The van der Waals surface area contributed by atoms with Crippen LogP contribution in [0, 0.1) is 5.92 Å². The Kier molecular flexibility index (Phi) is 5.05. The van der Waals surface area contributed by atoms with E-state index in [0.29, 0.717) is 6.42 Å². The predicted octanol–water partition coefficient (Wildman–Crippen LogP) is 0.910. The maximum atomic E-state index is 10.5. The van der Waals surface area contributed by atoms with Crippen LogP contribution in [0.5, 0.6) is 0 Å². The Balaban J connectivity index is 2.23. The lowest BCUT2D eigenvalue weighted by Gasteiger charge is -2.20. The van der Waals surface area contributed by atoms with Crippen molar-refractivity contribution in [3.05, 3.63) is 0 Å². The van der Waals surface area contributed by atoms with Crippen LogP contribution < -0.4 is 5.73 Å². The fourth-order valence-corrected chi connectivity index (χ4v) is 1.99. The van der Waals surface area contributed by atoms with Gasteiger partial charge in [0.25, 0.3) is 0 Å². The molecular formula is C11H22N2O2. The summed E-state index contributed by atoms with van der Waals surface area (Å²) in [6.07, 6.45) is 4.30. The van der Waals surface area contributed by atoms with Crippen LogP contribution in [0.4, 0.5) is 0 Å². The van der Waals surface area contributed by atoms with Crippen LogP contribution in [0.2, 0.25) is 0 Å². The number of likely N-dealkylation sites (tertiary alicyclic amines) is 1. The summed E-state index contributed by atoms with van der Waals surface area (Å²) in [4.78, 5) is 12.9. The van der Waals surface area contributed by atoms with E-state index in [9.17, 15) is 4.79 Å². The van der Waals surface area contributed by atoms with Crippen LogP contribution >= 0.6 is 0 Å². The van der Waals surface area contributed by atoms with Crippen molar-refractivity contribution in [1.29, 1.82) is 0 Å². The molecule has 0 radical (unpaired) electrons. The van der Waals surface area contributed by atoms with Crippen molar-refractivity contribution < 1.29 is 9.90 Å². The maximum Gasteiger partial charge on any atom is 0.320 e. The van der Waals surface area contributed by atoms with Crippen molar-refractivity contribution in [3.63, 3.8) is 0 Å². The van der Waals surface area contributed by atoms with E-state index in [1.165, 1.54) is 19.3 Å². The molecule has 0 amide bonds. The Bertz CT molecular complexity index is 209. The summed E-state index contributed by atoms with van der Waals surface area (Å²) in [5.74, 6) is -0.0821. The number of rotatable bonds is 4. The van der Waals surface area contributed by atoms with Gasteiger partial charge in [-0.25, -0.2) is 0 Å². The fourth-order valence-electron chi connectivity index (χ4n) is 1.99. The molecule has 1 aliphatic rings. The summed E-state index contributed by atoms with van der Waals surface area (Å²) in [5.41, 5.74) is 5.47. The van der Waals surface area contributed by atoms with E-state index in [1.54, 1.807) is 0 Å². The van der Waals surface area contributed by atoms with Crippen molar-refractivity contribution in [2.75, 3.05) is 19.6 Å². The van der Waals surface area contributed by atoms with Gasteiger partial charge in [-0.2, -0.15) is 0 Å². The third-order valence-electron chi connectivity index (χ3n) is 3.18. The molecule has 0 aromatic rings. The first-order valence-electron chi connectivity index (χ1n) is 5.80. The first-order valence-corrected chi connectivity index (χ1v) is 5.80. The predicted molar refractivity (Wildman–Crippen MR) is 59.7 cm³/mol. The highest BCUT2D eigenvalue weighted by Crippen LogP contribution is 2.16. The van der Waals surface area contributed by atoms with Crippen molar-refractivity contribution in [2.24, 2.45) is 11.7 Å². The number of nitrogens with zero attached hydrogens (tertiary/aromatic N) is 1.